The van der Waals surface area contributed by atoms with Crippen LogP contribution in [0.4, 0.5) is 0 Å². The largest absolute Gasteiger partial charge is 0.159 e. The van der Waals surface area contributed by atoms with Crippen molar-refractivity contribution < 1.29 is 0 Å². The van der Waals surface area contributed by atoms with Crippen LogP contribution in [0.1, 0.15) is 19.5 Å². The molecule has 50 valence electrons. The molecule has 0 saturated carbocycles. The van der Waals surface area contributed by atoms with Crippen LogP contribution in [0, 0.1) is 6.92 Å². The minimum absolute atomic E-state index is 0.961. The van der Waals surface area contributed by atoms with E-state index >= 15 is 0 Å². The number of rotatable bonds is 0. The molecule has 0 aliphatic rings. The fourth-order valence-corrected chi connectivity index (χ4v) is 0.379. The molecule has 0 aliphatic carbocycles. The molecule has 0 bridgehead atoms. The summed E-state index contributed by atoms with van der Waals surface area (Å²) in [5.74, 6) is 0. The number of aromatic nitrogens is 2. The first-order valence-corrected chi connectivity index (χ1v) is 3.14. The van der Waals surface area contributed by atoms with E-state index in [9.17, 15) is 0 Å². The number of aryl methyl sites for hydroxylation is 1. The van der Waals surface area contributed by atoms with Crippen LogP contribution in [-0.4, -0.2) is 10.2 Å². The van der Waals surface area contributed by atoms with Gasteiger partial charge in [0.2, 0.25) is 0 Å². The van der Waals surface area contributed by atoms with Crippen LogP contribution in [0.5, 0.6) is 0 Å². The van der Waals surface area contributed by atoms with E-state index in [0.29, 0.717) is 0 Å². The van der Waals surface area contributed by atoms with Crippen LogP contribution < -0.4 is 0 Å². The van der Waals surface area contributed by atoms with Crippen molar-refractivity contribution >= 4 is 0 Å². The van der Waals surface area contributed by atoms with Gasteiger partial charge < -0.3 is 0 Å². The Labute approximate surface area is 55.9 Å². The van der Waals surface area contributed by atoms with E-state index in [1.165, 1.54) is 0 Å². The van der Waals surface area contributed by atoms with Gasteiger partial charge in [0.05, 0.1) is 5.69 Å². The van der Waals surface area contributed by atoms with Gasteiger partial charge in [-0.15, -0.1) is 0 Å². The van der Waals surface area contributed by atoms with E-state index in [1.54, 1.807) is 6.20 Å². The molecule has 0 radical (unpaired) electrons. The van der Waals surface area contributed by atoms with E-state index in [0.717, 1.165) is 5.69 Å². The minimum atomic E-state index is 0.961. The fourth-order valence-electron chi connectivity index (χ4n) is 0.379. The molecule has 2 nitrogen and oxygen atoms in total. The Kier molecular flexibility index (Phi) is 4.69. The van der Waals surface area contributed by atoms with E-state index in [4.69, 9.17) is 0 Å². The first kappa shape index (κ1) is 8.08. The first-order valence-electron chi connectivity index (χ1n) is 3.14. The monoisotopic (exact) mass is 124 g/mol. The van der Waals surface area contributed by atoms with Crippen molar-refractivity contribution in [3.63, 3.8) is 0 Å². The zero-order chi connectivity index (χ0) is 7.11. The molecule has 1 heterocycles. The third kappa shape index (κ3) is 3.64. The minimum Gasteiger partial charge on any atom is -0.159 e. The third-order valence-corrected chi connectivity index (χ3v) is 0.706. The second-order valence-electron chi connectivity index (χ2n) is 1.37. The van der Waals surface area contributed by atoms with Gasteiger partial charge >= 0.3 is 0 Å². The summed E-state index contributed by atoms with van der Waals surface area (Å²) in [4.78, 5) is 0. The molecule has 9 heavy (non-hydrogen) atoms. The van der Waals surface area contributed by atoms with Gasteiger partial charge in [-0.25, -0.2) is 0 Å². The van der Waals surface area contributed by atoms with Gasteiger partial charge in [-0.2, -0.15) is 10.2 Å². The molecule has 0 spiro atoms. The summed E-state index contributed by atoms with van der Waals surface area (Å²) in [7, 11) is 0. The Morgan fingerprint density at radius 1 is 1.33 bits per heavy atom. The maximum absolute atomic E-state index is 3.73. The predicted molar refractivity (Wildman–Crippen MR) is 38.1 cm³/mol. The van der Waals surface area contributed by atoms with Crippen molar-refractivity contribution in [1.29, 1.82) is 0 Å². The molecule has 1 aromatic heterocycles. The van der Waals surface area contributed by atoms with Crippen LogP contribution in [0.3, 0.4) is 0 Å². The first-order chi connectivity index (χ1) is 4.39. The van der Waals surface area contributed by atoms with E-state index in [2.05, 4.69) is 10.2 Å². The van der Waals surface area contributed by atoms with E-state index < -0.39 is 0 Å². The average Bonchev–Trinajstić information content (AvgIpc) is 1.94. The maximum Gasteiger partial charge on any atom is 0.0600 e. The van der Waals surface area contributed by atoms with Gasteiger partial charge in [0.1, 0.15) is 0 Å². The molecule has 0 amide bonds. The SMILES string of the molecule is CC.Cc1cccnn1. The normalized spacial score (nSPS) is 7.44. The molecule has 0 aliphatic heterocycles. The van der Waals surface area contributed by atoms with Gasteiger partial charge in [-0.3, -0.25) is 0 Å². The number of hydrogen-bond acceptors (Lipinski definition) is 2. The topological polar surface area (TPSA) is 25.8 Å². The second kappa shape index (κ2) is 5.22. The van der Waals surface area contributed by atoms with Crippen molar-refractivity contribution in [3.05, 3.63) is 24.0 Å². The molecule has 1 rings (SSSR count). The summed E-state index contributed by atoms with van der Waals surface area (Å²) in [5.41, 5.74) is 0.961. The maximum atomic E-state index is 3.73. The fraction of sp³-hybridized carbons (Fsp3) is 0.429. The lowest BCUT2D eigenvalue weighted by Crippen LogP contribution is -1.79. The smallest absolute Gasteiger partial charge is 0.0600 e. The van der Waals surface area contributed by atoms with Crippen LogP contribution >= 0.6 is 0 Å². The zero-order valence-corrected chi connectivity index (χ0v) is 6.13. The van der Waals surface area contributed by atoms with Crippen molar-refractivity contribution in [2.75, 3.05) is 0 Å². The summed E-state index contributed by atoms with van der Waals surface area (Å²) in [5, 5.41) is 7.36. The molecule has 0 fully saturated rings. The summed E-state index contributed by atoms with van der Waals surface area (Å²) >= 11 is 0. The van der Waals surface area contributed by atoms with Crippen molar-refractivity contribution in [1.82, 2.24) is 10.2 Å². The van der Waals surface area contributed by atoms with Crippen molar-refractivity contribution in [3.8, 4) is 0 Å². The molecular formula is C7H12N2. The Hall–Kier alpha value is -0.920. The Morgan fingerprint density at radius 3 is 2.22 bits per heavy atom. The van der Waals surface area contributed by atoms with Crippen LogP contribution in [-0.2, 0) is 0 Å². The highest BCUT2D eigenvalue weighted by atomic mass is 15.1. The highest BCUT2D eigenvalue weighted by molar-refractivity contribution is 4.94. The second-order valence-corrected chi connectivity index (χ2v) is 1.37. The van der Waals surface area contributed by atoms with E-state index in [1.807, 2.05) is 32.9 Å². The standard InChI is InChI=1S/C5H6N2.C2H6/c1-5-3-2-4-6-7-5;1-2/h2-4H,1H3;1-2H3. The quantitative estimate of drug-likeness (QED) is 0.527. The molecule has 2 heteroatoms. The number of hydrogen-bond donors (Lipinski definition) is 0. The highest BCUT2D eigenvalue weighted by Crippen LogP contribution is 1.82. The molecule has 0 atom stereocenters. The van der Waals surface area contributed by atoms with Crippen molar-refractivity contribution in [2.24, 2.45) is 0 Å². The lowest BCUT2D eigenvalue weighted by atomic mass is 10.4. The van der Waals surface area contributed by atoms with Gasteiger partial charge in [0.25, 0.3) is 0 Å². The summed E-state index contributed by atoms with van der Waals surface area (Å²) in [6.07, 6.45) is 1.66. The molecule has 0 saturated heterocycles. The molecule has 0 unspecified atom stereocenters. The van der Waals surface area contributed by atoms with Gasteiger partial charge in [0.15, 0.2) is 0 Å². The molecule has 0 N–H and O–H groups in total. The Morgan fingerprint density at radius 2 is 2.00 bits per heavy atom. The van der Waals surface area contributed by atoms with Crippen LogP contribution in [0.2, 0.25) is 0 Å². The van der Waals surface area contributed by atoms with Crippen LogP contribution in [0.15, 0.2) is 18.3 Å². The van der Waals surface area contributed by atoms with Gasteiger partial charge in [-0.05, 0) is 19.1 Å². The Balaban J connectivity index is 0.000000291. The summed E-state index contributed by atoms with van der Waals surface area (Å²) < 4.78 is 0. The third-order valence-electron chi connectivity index (χ3n) is 0.706. The van der Waals surface area contributed by atoms with Crippen LogP contribution in [0.25, 0.3) is 0 Å². The highest BCUT2D eigenvalue weighted by Gasteiger charge is 1.74. The number of nitrogens with zero attached hydrogens (tertiary/aromatic N) is 2. The Bertz CT molecular complexity index is 137. The average molecular weight is 124 g/mol. The molecule has 0 aromatic carbocycles. The lowest BCUT2D eigenvalue weighted by molar-refractivity contribution is 0.980. The molecule has 1 aromatic rings. The predicted octanol–water partition coefficient (Wildman–Crippen LogP) is 1.81. The van der Waals surface area contributed by atoms with Crippen molar-refractivity contribution in [2.45, 2.75) is 20.8 Å². The van der Waals surface area contributed by atoms with E-state index in [-0.39, 0.29) is 0 Å². The zero-order valence-electron chi connectivity index (χ0n) is 6.13. The lowest BCUT2D eigenvalue weighted by Gasteiger charge is -1.80. The summed E-state index contributed by atoms with van der Waals surface area (Å²) in [6.45, 7) is 5.91. The molecular weight excluding hydrogens is 112 g/mol. The summed E-state index contributed by atoms with van der Waals surface area (Å²) in [6, 6.07) is 3.77. The van der Waals surface area contributed by atoms with Gasteiger partial charge in [0, 0.05) is 6.20 Å². The van der Waals surface area contributed by atoms with Gasteiger partial charge in [-0.1, -0.05) is 13.8 Å².